The Bertz CT molecular complexity index is 454. The summed E-state index contributed by atoms with van der Waals surface area (Å²) in [7, 11) is 0. The summed E-state index contributed by atoms with van der Waals surface area (Å²) in [5.41, 5.74) is 2.14. The van der Waals surface area contributed by atoms with Crippen molar-refractivity contribution >= 4 is 35.3 Å². The van der Waals surface area contributed by atoms with E-state index in [0.717, 1.165) is 34.4 Å². The van der Waals surface area contributed by atoms with Gasteiger partial charge < -0.3 is 5.32 Å². The molecule has 5 heteroatoms. The molecule has 0 radical (unpaired) electrons. The van der Waals surface area contributed by atoms with Gasteiger partial charge in [0.2, 0.25) is 0 Å². The second-order valence-corrected chi connectivity index (χ2v) is 4.79. The highest BCUT2D eigenvalue weighted by Crippen LogP contribution is 2.23. The van der Waals surface area contributed by atoms with Crippen LogP contribution in [0.15, 0.2) is 29.6 Å². The van der Waals surface area contributed by atoms with Gasteiger partial charge in [-0.05, 0) is 18.7 Å². The van der Waals surface area contributed by atoms with Crippen molar-refractivity contribution in [1.29, 1.82) is 0 Å². The van der Waals surface area contributed by atoms with E-state index in [1.165, 1.54) is 0 Å². The fourth-order valence-electron chi connectivity index (χ4n) is 1.38. The van der Waals surface area contributed by atoms with Crippen molar-refractivity contribution in [3.8, 4) is 11.3 Å². The Kier molecular flexibility index (Phi) is 5.92. The van der Waals surface area contributed by atoms with Gasteiger partial charge in [0.1, 0.15) is 5.01 Å². The Labute approximate surface area is 116 Å². The van der Waals surface area contributed by atoms with E-state index < -0.39 is 0 Å². The molecule has 2 aromatic rings. The van der Waals surface area contributed by atoms with E-state index >= 15 is 0 Å². The molecular weight excluding hydrogens is 275 g/mol. The zero-order valence-electron chi connectivity index (χ0n) is 9.44. The van der Waals surface area contributed by atoms with Crippen molar-refractivity contribution in [1.82, 2.24) is 10.3 Å². The number of benzene rings is 1. The number of rotatable bonds is 4. The number of hydrogen-bond acceptors (Lipinski definition) is 3. The lowest BCUT2D eigenvalue weighted by Gasteiger charge is -1.97. The highest BCUT2D eigenvalue weighted by atomic mass is 35.5. The van der Waals surface area contributed by atoms with Gasteiger partial charge in [0.25, 0.3) is 0 Å². The van der Waals surface area contributed by atoms with E-state index in [-0.39, 0.29) is 12.4 Å². The predicted octanol–water partition coefficient (Wildman–Crippen LogP) is 3.99. The lowest BCUT2D eigenvalue weighted by atomic mass is 10.2. The van der Waals surface area contributed by atoms with Crippen molar-refractivity contribution in [3.05, 3.63) is 39.7 Å². The maximum atomic E-state index is 5.85. The molecule has 0 saturated carbocycles. The lowest BCUT2D eigenvalue weighted by molar-refractivity contribution is 0.723. The first-order valence-corrected chi connectivity index (χ1v) is 6.46. The summed E-state index contributed by atoms with van der Waals surface area (Å²) in [5, 5.41) is 7.22. The van der Waals surface area contributed by atoms with Crippen LogP contribution >= 0.6 is 35.3 Å². The zero-order chi connectivity index (χ0) is 11.4. The van der Waals surface area contributed by atoms with Gasteiger partial charge in [-0.15, -0.1) is 23.7 Å². The summed E-state index contributed by atoms with van der Waals surface area (Å²) < 4.78 is 0. The molecule has 1 heterocycles. The van der Waals surface area contributed by atoms with Gasteiger partial charge in [0.05, 0.1) is 5.69 Å². The summed E-state index contributed by atoms with van der Waals surface area (Å²) in [4.78, 5) is 4.56. The fourth-order valence-corrected chi connectivity index (χ4v) is 2.28. The van der Waals surface area contributed by atoms with Gasteiger partial charge in [-0.3, -0.25) is 0 Å². The molecule has 0 saturated heterocycles. The van der Waals surface area contributed by atoms with Crippen molar-refractivity contribution in [3.63, 3.8) is 0 Å². The van der Waals surface area contributed by atoms with Gasteiger partial charge >= 0.3 is 0 Å². The number of nitrogens with zero attached hydrogens (tertiary/aromatic N) is 1. The number of hydrogen-bond donors (Lipinski definition) is 1. The molecular formula is C12H14Cl2N2S. The first-order chi connectivity index (χ1) is 7.79. The number of aromatic nitrogens is 1. The van der Waals surface area contributed by atoms with E-state index in [1.54, 1.807) is 11.3 Å². The molecule has 0 amide bonds. The molecule has 17 heavy (non-hydrogen) atoms. The van der Waals surface area contributed by atoms with Crippen LogP contribution in [0, 0.1) is 0 Å². The second-order valence-electron chi connectivity index (χ2n) is 3.41. The first-order valence-electron chi connectivity index (χ1n) is 5.20. The Balaban J connectivity index is 0.00000144. The third kappa shape index (κ3) is 3.96. The Morgan fingerprint density at radius 1 is 1.29 bits per heavy atom. The van der Waals surface area contributed by atoms with Crippen molar-refractivity contribution < 1.29 is 0 Å². The summed E-state index contributed by atoms with van der Waals surface area (Å²) in [6.07, 6.45) is 0. The molecule has 1 aromatic heterocycles. The molecule has 0 bridgehead atoms. The SMILES string of the molecule is CCNCc1nc(-c2ccc(Cl)cc2)cs1.Cl. The molecule has 0 unspecified atom stereocenters. The average molecular weight is 289 g/mol. The lowest BCUT2D eigenvalue weighted by Crippen LogP contribution is -2.11. The molecule has 2 nitrogen and oxygen atoms in total. The molecule has 0 aliphatic rings. The van der Waals surface area contributed by atoms with Gasteiger partial charge in [-0.1, -0.05) is 30.7 Å². The highest BCUT2D eigenvalue weighted by molar-refractivity contribution is 7.09. The smallest absolute Gasteiger partial charge is 0.107 e. The topological polar surface area (TPSA) is 24.9 Å². The van der Waals surface area contributed by atoms with Crippen LogP contribution in [0.1, 0.15) is 11.9 Å². The molecule has 0 fully saturated rings. The average Bonchev–Trinajstić information content (AvgIpc) is 2.76. The second kappa shape index (κ2) is 6.97. The summed E-state index contributed by atoms with van der Waals surface area (Å²) >= 11 is 7.53. The largest absolute Gasteiger partial charge is 0.311 e. The quantitative estimate of drug-likeness (QED) is 0.920. The van der Waals surface area contributed by atoms with Gasteiger partial charge in [-0.2, -0.15) is 0 Å². The third-order valence-corrected chi connectivity index (χ3v) is 3.32. The van der Waals surface area contributed by atoms with Gasteiger partial charge in [-0.25, -0.2) is 4.98 Å². The number of halogens is 2. The highest BCUT2D eigenvalue weighted by Gasteiger charge is 2.03. The van der Waals surface area contributed by atoms with E-state index in [0.29, 0.717) is 0 Å². The van der Waals surface area contributed by atoms with Crippen molar-refractivity contribution in [2.45, 2.75) is 13.5 Å². The fraction of sp³-hybridized carbons (Fsp3) is 0.250. The molecule has 1 N–H and O–H groups in total. The van der Waals surface area contributed by atoms with Crippen LogP contribution in [0.5, 0.6) is 0 Å². The maximum Gasteiger partial charge on any atom is 0.107 e. The molecule has 0 aliphatic heterocycles. The van der Waals surface area contributed by atoms with Crippen molar-refractivity contribution in [2.24, 2.45) is 0 Å². The summed E-state index contributed by atoms with van der Waals surface area (Å²) in [5.74, 6) is 0. The summed E-state index contributed by atoms with van der Waals surface area (Å²) in [6, 6.07) is 7.77. The minimum absolute atomic E-state index is 0. The minimum Gasteiger partial charge on any atom is -0.311 e. The minimum atomic E-state index is 0. The normalized spacial score (nSPS) is 10.0. The molecule has 2 rings (SSSR count). The Hall–Kier alpha value is -0.610. The van der Waals surface area contributed by atoms with Crippen LogP contribution in [0.25, 0.3) is 11.3 Å². The van der Waals surface area contributed by atoms with E-state index in [9.17, 15) is 0 Å². The first kappa shape index (κ1) is 14.5. The van der Waals surface area contributed by atoms with Gasteiger partial charge in [0.15, 0.2) is 0 Å². The van der Waals surface area contributed by atoms with E-state index in [2.05, 4.69) is 22.6 Å². The third-order valence-electron chi connectivity index (χ3n) is 2.22. The predicted molar refractivity (Wildman–Crippen MR) is 77.2 cm³/mol. The molecule has 0 atom stereocenters. The van der Waals surface area contributed by atoms with Crippen LogP contribution < -0.4 is 5.32 Å². The molecule has 92 valence electrons. The summed E-state index contributed by atoms with van der Waals surface area (Å²) in [6.45, 7) is 3.90. The Morgan fingerprint density at radius 2 is 2.00 bits per heavy atom. The zero-order valence-corrected chi connectivity index (χ0v) is 11.8. The van der Waals surface area contributed by atoms with Crippen LogP contribution in [-0.4, -0.2) is 11.5 Å². The molecule has 0 spiro atoms. The maximum absolute atomic E-state index is 5.85. The monoisotopic (exact) mass is 288 g/mol. The molecule has 1 aromatic carbocycles. The van der Waals surface area contributed by atoms with Crippen LogP contribution in [0.2, 0.25) is 5.02 Å². The van der Waals surface area contributed by atoms with Gasteiger partial charge in [0, 0.05) is 22.5 Å². The molecule has 0 aliphatic carbocycles. The number of nitrogens with one attached hydrogen (secondary N) is 1. The number of thiazole rings is 1. The van der Waals surface area contributed by atoms with Crippen LogP contribution in [0.3, 0.4) is 0 Å². The Morgan fingerprint density at radius 3 is 2.65 bits per heavy atom. The van der Waals surface area contributed by atoms with Crippen molar-refractivity contribution in [2.75, 3.05) is 6.54 Å². The van der Waals surface area contributed by atoms with Crippen LogP contribution in [-0.2, 0) is 6.54 Å². The van der Waals surface area contributed by atoms with E-state index in [4.69, 9.17) is 11.6 Å². The van der Waals surface area contributed by atoms with Crippen LogP contribution in [0.4, 0.5) is 0 Å². The standard InChI is InChI=1S/C12H13ClN2S.ClH/c1-2-14-7-12-15-11(8-16-12)9-3-5-10(13)6-4-9;/h3-6,8,14H,2,7H2,1H3;1H. The van der Waals surface area contributed by atoms with E-state index in [1.807, 2.05) is 24.3 Å².